The molecule has 3 aliphatic rings. The first-order chi connectivity index (χ1) is 12.2. The minimum absolute atomic E-state index is 0.0706. The summed E-state index contributed by atoms with van der Waals surface area (Å²) < 4.78 is 41.0. The third-order valence-corrected chi connectivity index (χ3v) is 7.78. The number of carbonyl (C=O) groups excluding carboxylic acids is 1. The van der Waals surface area contributed by atoms with Crippen molar-refractivity contribution in [2.45, 2.75) is 65.3 Å². The van der Waals surface area contributed by atoms with E-state index in [4.69, 9.17) is 13.7 Å². The van der Waals surface area contributed by atoms with Gasteiger partial charge in [-0.1, -0.05) is 19.8 Å². The highest BCUT2D eigenvalue weighted by Gasteiger charge is 2.65. The van der Waals surface area contributed by atoms with Crippen molar-refractivity contribution in [3.8, 4) is 11.8 Å². The lowest BCUT2D eigenvalue weighted by atomic mass is 9.70. The molecular formula is C19H28O6S. The number of ketones is 1. The van der Waals surface area contributed by atoms with Crippen molar-refractivity contribution in [3.63, 3.8) is 0 Å². The average Bonchev–Trinajstić information content (AvgIpc) is 3.17. The molecule has 3 atom stereocenters. The maximum absolute atomic E-state index is 12.6. The van der Waals surface area contributed by atoms with Crippen molar-refractivity contribution < 1.29 is 26.9 Å². The van der Waals surface area contributed by atoms with Crippen molar-refractivity contribution >= 4 is 15.9 Å². The zero-order valence-electron chi connectivity index (χ0n) is 15.7. The van der Waals surface area contributed by atoms with Gasteiger partial charge in [0.05, 0.1) is 24.4 Å². The molecule has 0 unspecified atom stereocenters. The molecule has 0 aromatic carbocycles. The molecule has 2 bridgehead atoms. The Morgan fingerprint density at radius 3 is 2.58 bits per heavy atom. The highest BCUT2D eigenvalue weighted by Crippen LogP contribution is 2.64. The summed E-state index contributed by atoms with van der Waals surface area (Å²) >= 11 is 0. The Morgan fingerprint density at radius 2 is 2.00 bits per heavy atom. The van der Waals surface area contributed by atoms with Crippen molar-refractivity contribution in [1.29, 1.82) is 0 Å². The van der Waals surface area contributed by atoms with Gasteiger partial charge in [0.1, 0.15) is 11.9 Å². The van der Waals surface area contributed by atoms with Gasteiger partial charge in [-0.05, 0) is 31.1 Å². The Bertz CT molecular complexity index is 710. The third-order valence-electron chi connectivity index (χ3n) is 6.35. The van der Waals surface area contributed by atoms with E-state index in [1.165, 1.54) is 0 Å². The molecule has 146 valence electrons. The van der Waals surface area contributed by atoms with Crippen molar-refractivity contribution in [3.05, 3.63) is 0 Å². The first-order valence-corrected chi connectivity index (χ1v) is 10.9. The fourth-order valence-electron chi connectivity index (χ4n) is 4.67. The van der Waals surface area contributed by atoms with Crippen LogP contribution < -0.4 is 0 Å². The van der Waals surface area contributed by atoms with E-state index in [0.717, 1.165) is 6.42 Å². The number of Topliss-reactive ketones (excluding diaryl/α,β-unsaturated/α-hetero) is 1. The topological polar surface area (TPSA) is 78.9 Å². The lowest BCUT2D eigenvalue weighted by Gasteiger charge is -2.35. The van der Waals surface area contributed by atoms with Crippen LogP contribution in [0.2, 0.25) is 0 Å². The van der Waals surface area contributed by atoms with Crippen LogP contribution in [0, 0.1) is 28.6 Å². The predicted molar refractivity (Wildman–Crippen MR) is 95.6 cm³/mol. The lowest BCUT2D eigenvalue weighted by Crippen LogP contribution is -2.43. The Morgan fingerprint density at radius 1 is 1.31 bits per heavy atom. The second-order valence-corrected chi connectivity index (χ2v) is 9.73. The second-order valence-electron chi connectivity index (χ2n) is 8.14. The van der Waals surface area contributed by atoms with Crippen LogP contribution in [0.4, 0.5) is 0 Å². The summed E-state index contributed by atoms with van der Waals surface area (Å²) in [4.78, 5) is 12.5. The molecule has 1 heterocycles. The van der Waals surface area contributed by atoms with Gasteiger partial charge in [0.2, 0.25) is 0 Å². The number of hydrogen-bond donors (Lipinski definition) is 0. The van der Waals surface area contributed by atoms with Gasteiger partial charge in [-0.3, -0.25) is 8.98 Å². The molecule has 2 aliphatic carbocycles. The minimum atomic E-state index is -3.84. The maximum Gasteiger partial charge on any atom is 0.269 e. The summed E-state index contributed by atoms with van der Waals surface area (Å²) in [5.41, 5.74) is -1.10. The highest BCUT2D eigenvalue weighted by molar-refractivity contribution is 7.86. The van der Waals surface area contributed by atoms with Gasteiger partial charge in [-0.2, -0.15) is 8.42 Å². The van der Waals surface area contributed by atoms with Gasteiger partial charge < -0.3 is 9.47 Å². The first kappa shape index (κ1) is 19.8. The van der Waals surface area contributed by atoms with Crippen LogP contribution in [0.3, 0.4) is 0 Å². The smallest absolute Gasteiger partial charge is 0.269 e. The zero-order chi connectivity index (χ0) is 19.0. The number of carbonyl (C=O) groups is 1. The van der Waals surface area contributed by atoms with Gasteiger partial charge in [0, 0.05) is 19.3 Å². The molecule has 0 spiro atoms. The molecule has 0 amide bonds. The van der Waals surface area contributed by atoms with Crippen LogP contribution in [0.15, 0.2) is 0 Å². The molecule has 0 aromatic heterocycles. The molecule has 3 rings (SSSR count). The Hall–Kier alpha value is -0.940. The van der Waals surface area contributed by atoms with E-state index >= 15 is 0 Å². The van der Waals surface area contributed by atoms with Crippen LogP contribution in [-0.4, -0.2) is 45.6 Å². The first-order valence-electron chi connectivity index (χ1n) is 9.32. The lowest BCUT2D eigenvalue weighted by molar-refractivity contribution is -0.128. The van der Waals surface area contributed by atoms with E-state index < -0.39 is 21.6 Å². The normalized spacial score (nSPS) is 31.8. The average molecular weight is 384 g/mol. The van der Waals surface area contributed by atoms with E-state index in [9.17, 15) is 13.2 Å². The molecule has 1 aliphatic heterocycles. The molecule has 6 nitrogen and oxygen atoms in total. The number of ether oxygens (including phenoxy) is 2. The van der Waals surface area contributed by atoms with E-state index in [2.05, 4.69) is 11.8 Å². The SMILES string of the molecule is C[C@@H](C#CCCC1OCCO1)OS(=O)(=O)C[C@]12CC[C@H](CC1=O)C2(C)C. The standard InChI is InChI=1S/C19H28O6S/c1-14(6-4-5-7-17-23-10-11-24-17)25-26(21,22)13-19-9-8-15(12-16(19)20)18(19,2)3/h14-15,17H,5,7-13H2,1-3H3/t14-,15+,19+/m0/s1. The summed E-state index contributed by atoms with van der Waals surface area (Å²) in [6.07, 6.45) is 2.29. The van der Waals surface area contributed by atoms with Crippen LogP contribution in [0.5, 0.6) is 0 Å². The van der Waals surface area contributed by atoms with E-state index in [0.29, 0.717) is 38.9 Å². The van der Waals surface area contributed by atoms with Crippen molar-refractivity contribution in [1.82, 2.24) is 0 Å². The molecule has 2 saturated carbocycles. The molecule has 26 heavy (non-hydrogen) atoms. The molecule has 7 heteroatoms. The molecule has 3 fully saturated rings. The Kier molecular flexibility index (Phi) is 5.51. The quantitative estimate of drug-likeness (QED) is 0.516. The van der Waals surface area contributed by atoms with Crippen LogP contribution >= 0.6 is 0 Å². The minimum Gasteiger partial charge on any atom is -0.350 e. The Labute approximate surface area is 156 Å². The third kappa shape index (κ3) is 3.70. The summed E-state index contributed by atoms with van der Waals surface area (Å²) in [5.74, 6) is 5.84. The Balaban J connectivity index is 1.56. The largest absolute Gasteiger partial charge is 0.350 e. The highest BCUT2D eigenvalue weighted by atomic mass is 32.2. The summed E-state index contributed by atoms with van der Waals surface area (Å²) in [5, 5.41) is 0. The maximum atomic E-state index is 12.6. The van der Waals surface area contributed by atoms with Crippen LogP contribution in [0.1, 0.15) is 52.9 Å². The molecule has 0 aromatic rings. The molecule has 0 radical (unpaired) electrons. The number of hydrogen-bond acceptors (Lipinski definition) is 6. The zero-order valence-corrected chi connectivity index (χ0v) is 16.6. The molecule has 1 saturated heterocycles. The van der Waals surface area contributed by atoms with Gasteiger partial charge in [0.25, 0.3) is 10.1 Å². The van der Waals surface area contributed by atoms with E-state index in [-0.39, 0.29) is 29.2 Å². The van der Waals surface area contributed by atoms with Crippen molar-refractivity contribution in [2.75, 3.05) is 19.0 Å². The predicted octanol–water partition coefficient (Wildman–Crippen LogP) is 2.27. The van der Waals surface area contributed by atoms with Crippen molar-refractivity contribution in [2.24, 2.45) is 16.7 Å². The van der Waals surface area contributed by atoms with E-state index in [1.807, 2.05) is 13.8 Å². The summed E-state index contributed by atoms with van der Waals surface area (Å²) in [6, 6.07) is 0. The monoisotopic (exact) mass is 384 g/mol. The molecule has 0 N–H and O–H groups in total. The summed E-state index contributed by atoms with van der Waals surface area (Å²) in [7, 11) is -3.84. The van der Waals surface area contributed by atoms with Gasteiger partial charge in [0.15, 0.2) is 6.29 Å². The number of rotatable bonds is 6. The fourth-order valence-corrected chi connectivity index (χ4v) is 6.50. The van der Waals surface area contributed by atoms with Gasteiger partial charge >= 0.3 is 0 Å². The van der Waals surface area contributed by atoms with E-state index in [1.54, 1.807) is 6.92 Å². The molecular weight excluding hydrogens is 356 g/mol. The second kappa shape index (κ2) is 7.23. The number of fused-ring (bicyclic) bond motifs is 2. The summed E-state index contributed by atoms with van der Waals surface area (Å²) in [6.45, 7) is 6.86. The fraction of sp³-hybridized carbons (Fsp3) is 0.842. The van der Waals surface area contributed by atoms with Gasteiger partial charge in [-0.15, -0.1) is 5.92 Å². The van der Waals surface area contributed by atoms with Crippen LogP contribution in [-0.2, 0) is 28.6 Å². The van der Waals surface area contributed by atoms with Gasteiger partial charge in [-0.25, -0.2) is 0 Å². The van der Waals surface area contributed by atoms with Crippen LogP contribution in [0.25, 0.3) is 0 Å².